The second-order valence-corrected chi connectivity index (χ2v) is 4.56. The van der Waals surface area contributed by atoms with E-state index in [4.69, 9.17) is 4.74 Å². The van der Waals surface area contributed by atoms with Gasteiger partial charge in [0.25, 0.3) is 0 Å². The lowest BCUT2D eigenvalue weighted by atomic mass is 10.1. The van der Waals surface area contributed by atoms with Gasteiger partial charge >= 0.3 is 6.01 Å². The van der Waals surface area contributed by atoms with Crippen molar-refractivity contribution in [3.63, 3.8) is 0 Å². The van der Waals surface area contributed by atoms with Crippen molar-refractivity contribution in [1.82, 2.24) is 15.4 Å². The van der Waals surface area contributed by atoms with Gasteiger partial charge < -0.3 is 4.74 Å². The van der Waals surface area contributed by atoms with E-state index in [9.17, 15) is 13.6 Å². The Balaban J connectivity index is 1.75. The number of nitrogens with one attached hydrogen (secondary N) is 1. The Morgan fingerprint density at radius 1 is 1.05 bits per heavy atom. The highest BCUT2D eigenvalue weighted by Gasteiger charge is 2.14. The number of carbonyl (C=O) groups excluding carboxylic acids is 1. The molecule has 0 saturated heterocycles. The molecule has 6 nitrogen and oxygen atoms in total. The number of aromatic nitrogens is 2. The zero-order chi connectivity index (χ0) is 15.5. The third kappa shape index (κ3) is 3.22. The van der Waals surface area contributed by atoms with Gasteiger partial charge in [-0.25, -0.2) is 24.2 Å². The summed E-state index contributed by atoms with van der Waals surface area (Å²) in [7, 11) is 0. The molecule has 22 heavy (non-hydrogen) atoms. The predicted molar refractivity (Wildman–Crippen MR) is 72.4 cm³/mol. The van der Waals surface area contributed by atoms with Crippen LogP contribution in [0.2, 0.25) is 0 Å². The molecule has 2 heterocycles. The van der Waals surface area contributed by atoms with Crippen molar-refractivity contribution in [1.29, 1.82) is 0 Å². The van der Waals surface area contributed by atoms with Crippen LogP contribution >= 0.6 is 0 Å². The summed E-state index contributed by atoms with van der Waals surface area (Å²) in [4.78, 5) is 18.9. The molecule has 0 radical (unpaired) electrons. The number of nitrogens with zero attached hydrogens (tertiary/aromatic N) is 3. The van der Waals surface area contributed by atoms with Crippen LogP contribution in [0.15, 0.2) is 35.7 Å². The third-order valence-electron chi connectivity index (χ3n) is 2.91. The second-order valence-electron chi connectivity index (χ2n) is 4.56. The zero-order valence-electron chi connectivity index (χ0n) is 11.2. The minimum atomic E-state index is -0.751. The molecule has 8 heteroatoms. The summed E-state index contributed by atoms with van der Waals surface area (Å²) < 4.78 is 31.3. The van der Waals surface area contributed by atoms with Crippen LogP contribution in [-0.2, 0) is 4.79 Å². The van der Waals surface area contributed by atoms with E-state index in [2.05, 4.69) is 20.5 Å². The lowest BCUT2D eigenvalue weighted by molar-refractivity contribution is -0.121. The number of hydrazone groups is 1. The highest BCUT2D eigenvalue weighted by atomic mass is 19.1. The van der Waals surface area contributed by atoms with E-state index >= 15 is 0 Å². The Morgan fingerprint density at radius 3 is 2.32 bits per heavy atom. The molecule has 0 aliphatic carbocycles. The van der Waals surface area contributed by atoms with Crippen LogP contribution in [0.25, 0.3) is 0 Å². The van der Waals surface area contributed by atoms with Gasteiger partial charge in [-0.1, -0.05) is 0 Å². The number of ether oxygens (including phenoxy) is 1. The summed E-state index contributed by atoms with van der Waals surface area (Å²) in [5.74, 6) is -1.68. The number of hydrogen-bond acceptors (Lipinski definition) is 5. The molecule has 2 aromatic rings. The molecule has 1 aliphatic rings. The van der Waals surface area contributed by atoms with Crippen LogP contribution in [0.4, 0.5) is 8.78 Å². The van der Waals surface area contributed by atoms with Crippen LogP contribution in [0, 0.1) is 11.6 Å². The summed E-state index contributed by atoms with van der Waals surface area (Å²) in [5, 5.41) is 3.91. The van der Waals surface area contributed by atoms with Gasteiger partial charge in [0.2, 0.25) is 5.91 Å². The number of hydrogen-bond donors (Lipinski definition) is 1. The maximum Gasteiger partial charge on any atom is 0.321 e. The minimum absolute atomic E-state index is 0.0347. The fourth-order valence-electron chi connectivity index (χ4n) is 1.89. The first-order chi connectivity index (χ1) is 10.6. The molecule has 1 N–H and O–H groups in total. The SMILES string of the molecule is O=C1CCC(c2cnc(Oc3cc(F)cc(F)c3)nc2)=NN1. The molecule has 1 aromatic carbocycles. The van der Waals surface area contributed by atoms with Gasteiger partial charge in [0.15, 0.2) is 0 Å². The summed E-state index contributed by atoms with van der Waals surface area (Å²) >= 11 is 0. The monoisotopic (exact) mass is 304 g/mol. The van der Waals surface area contributed by atoms with Gasteiger partial charge in [0.1, 0.15) is 17.4 Å². The van der Waals surface area contributed by atoms with Gasteiger partial charge in [0.05, 0.1) is 5.71 Å². The fourth-order valence-corrected chi connectivity index (χ4v) is 1.89. The predicted octanol–water partition coefficient (Wildman–Crippen LogP) is 2.16. The van der Waals surface area contributed by atoms with E-state index in [0.717, 1.165) is 18.2 Å². The Hall–Kier alpha value is -2.90. The van der Waals surface area contributed by atoms with Gasteiger partial charge in [0, 0.05) is 49.0 Å². The van der Waals surface area contributed by atoms with Crippen LogP contribution < -0.4 is 10.2 Å². The first-order valence-electron chi connectivity index (χ1n) is 6.42. The third-order valence-corrected chi connectivity index (χ3v) is 2.91. The summed E-state index contributed by atoms with van der Waals surface area (Å²) in [5.41, 5.74) is 3.67. The number of rotatable bonds is 3. The highest BCUT2D eigenvalue weighted by Crippen LogP contribution is 2.20. The molecule has 0 saturated carbocycles. The Morgan fingerprint density at radius 2 is 1.73 bits per heavy atom. The van der Waals surface area contributed by atoms with Crippen molar-refractivity contribution < 1.29 is 18.3 Å². The first kappa shape index (κ1) is 14.1. The number of benzene rings is 1. The maximum atomic E-state index is 13.1. The van der Waals surface area contributed by atoms with Crippen molar-refractivity contribution in [2.45, 2.75) is 12.8 Å². The molecule has 0 bridgehead atoms. The van der Waals surface area contributed by atoms with Crippen LogP contribution in [0.1, 0.15) is 18.4 Å². The molecule has 0 spiro atoms. The molecule has 1 amide bonds. The largest absolute Gasteiger partial charge is 0.424 e. The molecule has 1 aromatic heterocycles. The number of halogens is 2. The normalized spacial score (nSPS) is 14.3. The molecular formula is C14H10F2N4O2. The lowest BCUT2D eigenvalue weighted by Crippen LogP contribution is -2.26. The van der Waals surface area contributed by atoms with Crippen molar-refractivity contribution in [2.24, 2.45) is 5.10 Å². The first-order valence-corrected chi connectivity index (χ1v) is 6.42. The lowest BCUT2D eigenvalue weighted by Gasteiger charge is -2.11. The van der Waals surface area contributed by atoms with Gasteiger partial charge in [-0.05, 0) is 0 Å². The van der Waals surface area contributed by atoms with E-state index < -0.39 is 11.6 Å². The smallest absolute Gasteiger partial charge is 0.321 e. The minimum Gasteiger partial charge on any atom is -0.424 e. The number of carbonyl (C=O) groups is 1. The number of amides is 1. The van der Waals surface area contributed by atoms with E-state index in [0.29, 0.717) is 24.1 Å². The van der Waals surface area contributed by atoms with Crippen LogP contribution in [0.3, 0.4) is 0 Å². The van der Waals surface area contributed by atoms with Crippen molar-refractivity contribution in [3.05, 3.63) is 47.8 Å². The van der Waals surface area contributed by atoms with Gasteiger partial charge in [-0.15, -0.1) is 0 Å². The molecule has 0 fully saturated rings. The quantitative estimate of drug-likeness (QED) is 0.942. The molecule has 112 valence electrons. The van der Waals surface area contributed by atoms with E-state index in [1.165, 1.54) is 12.4 Å². The molecule has 1 aliphatic heterocycles. The maximum absolute atomic E-state index is 13.1. The Bertz CT molecular complexity index is 727. The molecular weight excluding hydrogens is 294 g/mol. The average Bonchev–Trinajstić information content (AvgIpc) is 2.48. The van der Waals surface area contributed by atoms with E-state index in [1.807, 2.05) is 0 Å². The van der Waals surface area contributed by atoms with E-state index in [1.54, 1.807) is 0 Å². The second kappa shape index (κ2) is 5.84. The Kier molecular flexibility index (Phi) is 3.73. The average molecular weight is 304 g/mol. The van der Waals surface area contributed by atoms with E-state index in [-0.39, 0.29) is 17.7 Å². The summed E-state index contributed by atoms with van der Waals surface area (Å²) in [6.45, 7) is 0. The fraction of sp³-hybridized carbons (Fsp3) is 0.143. The molecule has 0 atom stereocenters. The topological polar surface area (TPSA) is 76.5 Å². The highest BCUT2D eigenvalue weighted by molar-refractivity contribution is 6.03. The van der Waals surface area contributed by atoms with Gasteiger partial charge in [-0.3, -0.25) is 4.79 Å². The Labute approximate surface area is 123 Å². The standard InChI is InChI=1S/C14H10F2N4O2/c15-9-3-10(16)5-11(4-9)22-14-17-6-8(7-18-14)12-1-2-13(21)20-19-12/h3-7H,1-2H2,(H,20,21). The summed E-state index contributed by atoms with van der Waals surface area (Å²) in [6.07, 6.45) is 3.77. The van der Waals surface area contributed by atoms with Crippen LogP contribution in [-0.4, -0.2) is 21.6 Å². The molecule has 3 rings (SSSR count). The summed E-state index contributed by atoms with van der Waals surface area (Å²) in [6, 6.07) is 2.75. The van der Waals surface area contributed by atoms with Crippen LogP contribution in [0.5, 0.6) is 11.8 Å². The van der Waals surface area contributed by atoms with Gasteiger partial charge in [-0.2, -0.15) is 5.10 Å². The van der Waals surface area contributed by atoms with Crippen molar-refractivity contribution in [2.75, 3.05) is 0 Å². The zero-order valence-corrected chi connectivity index (χ0v) is 11.2. The molecule has 0 unspecified atom stereocenters. The van der Waals surface area contributed by atoms with Crippen molar-refractivity contribution in [3.8, 4) is 11.8 Å². The van der Waals surface area contributed by atoms with Crippen molar-refractivity contribution >= 4 is 11.6 Å².